The molecule has 6 nitrogen and oxygen atoms in total. The Morgan fingerprint density at radius 1 is 0.964 bits per heavy atom. The number of hydrogen-bond donors (Lipinski definition) is 2. The molecule has 156 valence electrons. The minimum atomic E-state index is -1.01. The van der Waals surface area contributed by atoms with Crippen LogP contribution >= 0.6 is 11.3 Å². The van der Waals surface area contributed by atoms with Crippen molar-refractivity contribution in [3.63, 3.8) is 0 Å². The molecule has 0 fully saturated rings. The number of carbonyl (C=O) groups excluding carboxylic acids is 2. The monoisotopic (exact) mass is 409 g/mol. The van der Waals surface area contributed by atoms with Gasteiger partial charge in [-0.25, -0.2) is 4.79 Å². The van der Waals surface area contributed by atoms with E-state index in [9.17, 15) is 14.4 Å². The van der Waals surface area contributed by atoms with E-state index < -0.39 is 11.9 Å². The number of aliphatic carboxylic acids is 1. The maximum absolute atomic E-state index is 12.7. The first-order valence-electron chi connectivity index (χ1n) is 10.4. The van der Waals surface area contributed by atoms with Crippen LogP contribution in [-0.4, -0.2) is 29.6 Å². The van der Waals surface area contributed by atoms with Crippen molar-refractivity contribution in [2.24, 2.45) is 0 Å². The van der Waals surface area contributed by atoms with E-state index in [0.717, 1.165) is 42.5 Å². The van der Waals surface area contributed by atoms with E-state index in [1.807, 2.05) is 0 Å². The van der Waals surface area contributed by atoms with Crippen LogP contribution in [0.4, 0.5) is 5.00 Å². The van der Waals surface area contributed by atoms with Gasteiger partial charge in [0.1, 0.15) is 5.00 Å². The highest BCUT2D eigenvalue weighted by Crippen LogP contribution is 2.37. The first-order chi connectivity index (χ1) is 13.5. The SMILES string of the molecule is CCOC(=O)c1c(NC(=O)CCC(=O)O)sc2c1CCCCCCCCCC2. The second-order valence-corrected chi connectivity index (χ2v) is 8.30. The fraction of sp³-hybridized carbons (Fsp3) is 0.667. The van der Waals surface area contributed by atoms with Gasteiger partial charge >= 0.3 is 11.9 Å². The number of esters is 1. The Morgan fingerprint density at radius 3 is 2.18 bits per heavy atom. The summed E-state index contributed by atoms with van der Waals surface area (Å²) in [7, 11) is 0. The molecule has 0 unspecified atom stereocenters. The van der Waals surface area contributed by atoms with E-state index >= 15 is 0 Å². The largest absolute Gasteiger partial charge is 0.481 e. The standard InChI is InChI=1S/C21H31NO5S/c1-2-27-21(26)19-15-11-9-7-5-3-4-6-8-10-12-16(15)28-20(19)22-17(23)13-14-18(24)25/h2-14H2,1H3,(H,22,23)(H,24,25). The number of rotatable bonds is 6. The van der Waals surface area contributed by atoms with E-state index in [1.54, 1.807) is 6.92 Å². The maximum Gasteiger partial charge on any atom is 0.341 e. The van der Waals surface area contributed by atoms with Crippen LogP contribution in [0.25, 0.3) is 0 Å². The van der Waals surface area contributed by atoms with E-state index in [1.165, 1.54) is 43.4 Å². The molecule has 0 radical (unpaired) electrons. The van der Waals surface area contributed by atoms with Crippen molar-refractivity contribution in [2.45, 2.75) is 84.0 Å². The van der Waals surface area contributed by atoms with Crippen LogP contribution in [0.3, 0.4) is 0 Å². The first kappa shape index (κ1) is 22.4. The fourth-order valence-electron chi connectivity index (χ4n) is 3.54. The Kier molecular flexibility index (Phi) is 9.47. The molecular formula is C21H31NO5S. The van der Waals surface area contributed by atoms with Gasteiger partial charge in [0.25, 0.3) is 0 Å². The van der Waals surface area contributed by atoms with Gasteiger partial charge in [-0.05, 0) is 38.2 Å². The number of amides is 1. The van der Waals surface area contributed by atoms with Crippen molar-refractivity contribution < 1.29 is 24.2 Å². The number of carboxylic acid groups (broad SMARTS) is 1. The molecule has 0 aliphatic heterocycles. The van der Waals surface area contributed by atoms with Crippen molar-refractivity contribution >= 4 is 34.2 Å². The quantitative estimate of drug-likeness (QED) is 0.649. The summed E-state index contributed by atoms with van der Waals surface area (Å²) in [4.78, 5) is 36.7. The number of ether oxygens (including phenoxy) is 1. The van der Waals surface area contributed by atoms with E-state index in [2.05, 4.69) is 5.32 Å². The van der Waals surface area contributed by atoms with Gasteiger partial charge < -0.3 is 15.2 Å². The van der Waals surface area contributed by atoms with Crippen molar-refractivity contribution in [1.82, 2.24) is 0 Å². The molecule has 7 heteroatoms. The molecule has 2 rings (SSSR count). The molecule has 1 aliphatic rings. The molecule has 2 N–H and O–H groups in total. The fourth-order valence-corrected chi connectivity index (χ4v) is 4.84. The van der Waals surface area contributed by atoms with Crippen LogP contribution in [0.2, 0.25) is 0 Å². The summed E-state index contributed by atoms with van der Waals surface area (Å²) in [6.07, 6.45) is 10.8. The smallest absolute Gasteiger partial charge is 0.341 e. The maximum atomic E-state index is 12.7. The minimum Gasteiger partial charge on any atom is -0.481 e. The lowest BCUT2D eigenvalue weighted by atomic mass is 9.97. The number of nitrogens with one attached hydrogen (secondary N) is 1. The van der Waals surface area contributed by atoms with Crippen LogP contribution < -0.4 is 5.32 Å². The highest BCUT2D eigenvalue weighted by molar-refractivity contribution is 7.17. The molecule has 0 spiro atoms. The summed E-state index contributed by atoms with van der Waals surface area (Å²) in [6.45, 7) is 2.04. The molecule has 0 atom stereocenters. The van der Waals surface area contributed by atoms with E-state index in [-0.39, 0.29) is 25.4 Å². The van der Waals surface area contributed by atoms with Gasteiger partial charge in [-0.1, -0.05) is 38.5 Å². The average molecular weight is 410 g/mol. The molecule has 28 heavy (non-hydrogen) atoms. The summed E-state index contributed by atoms with van der Waals surface area (Å²) in [5, 5.41) is 12.1. The van der Waals surface area contributed by atoms with Crippen LogP contribution in [0.15, 0.2) is 0 Å². The van der Waals surface area contributed by atoms with Gasteiger partial charge in [-0.15, -0.1) is 11.3 Å². The van der Waals surface area contributed by atoms with Crippen molar-refractivity contribution in [2.75, 3.05) is 11.9 Å². The molecule has 1 aromatic rings. The predicted molar refractivity (Wildman–Crippen MR) is 110 cm³/mol. The number of fused-ring (bicyclic) bond motifs is 1. The lowest BCUT2D eigenvalue weighted by molar-refractivity contribution is -0.138. The topological polar surface area (TPSA) is 92.7 Å². The van der Waals surface area contributed by atoms with Crippen LogP contribution in [-0.2, 0) is 27.2 Å². The average Bonchev–Trinajstić information content (AvgIpc) is 2.97. The number of thiophene rings is 1. The Morgan fingerprint density at radius 2 is 1.57 bits per heavy atom. The van der Waals surface area contributed by atoms with E-state index in [4.69, 9.17) is 9.84 Å². The van der Waals surface area contributed by atoms with Crippen LogP contribution in [0, 0.1) is 0 Å². The third-order valence-electron chi connectivity index (χ3n) is 4.97. The molecule has 0 aromatic carbocycles. The van der Waals surface area contributed by atoms with Crippen molar-refractivity contribution in [3.8, 4) is 0 Å². The van der Waals surface area contributed by atoms with Crippen LogP contribution in [0.5, 0.6) is 0 Å². The Hall–Kier alpha value is -1.89. The molecule has 0 saturated carbocycles. The molecule has 1 aromatic heterocycles. The van der Waals surface area contributed by atoms with Crippen LogP contribution in [0.1, 0.15) is 91.9 Å². The zero-order valence-electron chi connectivity index (χ0n) is 16.7. The zero-order valence-corrected chi connectivity index (χ0v) is 17.5. The van der Waals surface area contributed by atoms with Gasteiger partial charge in [0.15, 0.2) is 0 Å². The summed E-state index contributed by atoms with van der Waals surface area (Å²) in [6, 6.07) is 0. The summed E-state index contributed by atoms with van der Waals surface area (Å²) in [5.74, 6) is -1.80. The first-order valence-corrected chi connectivity index (χ1v) is 11.2. The molecule has 1 aliphatic carbocycles. The number of carboxylic acids is 1. The Labute approximate surface area is 170 Å². The Bertz CT molecular complexity index is 683. The third kappa shape index (κ3) is 6.93. The number of anilines is 1. The van der Waals surface area contributed by atoms with E-state index in [0.29, 0.717) is 10.6 Å². The molecule has 0 bridgehead atoms. The number of aryl methyl sites for hydroxylation is 1. The molecular weight excluding hydrogens is 378 g/mol. The summed E-state index contributed by atoms with van der Waals surface area (Å²) in [5.41, 5.74) is 1.49. The number of carbonyl (C=O) groups is 3. The van der Waals surface area contributed by atoms with Gasteiger partial charge in [-0.2, -0.15) is 0 Å². The van der Waals surface area contributed by atoms with Gasteiger partial charge in [0, 0.05) is 11.3 Å². The second-order valence-electron chi connectivity index (χ2n) is 7.20. The predicted octanol–water partition coefficient (Wildman–Crippen LogP) is 4.95. The lowest BCUT2D eigenvalue weighted by Gasteiger charge is -2.10. The summed E-state index contributed by atoms with van der Waals surface area (Å²) >= 11 is 1.45. The highest BCUT2D eigenvalue weighted by Gasteiger charge is 2.25. The number of hydrogen-bond acceptors (Lipinski definition) is 5. The third-order valence-corrected chi connectivity index (χ3v) is 6.18. The van der Waals surface area contributed by atoms with Crippen molar-refractivity contribution in [1.29, 1.82) is 0 Å². The minimum absolute atomic E-state index is 0.111. The molecule has 0 saturated heterocycles. The second kappa shape index (κ2) is 11.8. The lowest BCUT2D eigenvalue weighted by Crippen LogP contribution is -2.16. The van der Waals surface area contributed by atoms with Gasteiger partial charge in [0.2, 0.25) is 5.91 Å². The Balaban J connectivity index is 2.28. The van der Waals surface area contributed by atoms with Crippen molar-refractivity contribution in [3.05, 3.63) is 16.0 Å². The zero-order chi connectivity index (χ0) is 20.4. The highest BCUT2D eigenvalue weighted by atomic mass is 32.1. The molecule has 1 heterocycles. The summed E-state index contributed by atoms with van der Waals surface area (Å²) < 4.78 is 5.27. The molecule has 1 amide bonds. The normalized spacial score (nSPS) is 15.6. The van der Waals surface area contributed by atoms with Gasteiger partial charge in [0.05, 0.1) is 18.6 Å². The van der Waals surface area contributed by atoms with Gasteiger partial charge in [-0.3, -0.25) is 9.59 Å².